The Labute approximate surface area is 83.2 Å². The zero-order valence-electron chi connectivity index (χ0n) is 8.29. The molecule has 1 N–H and O–H groups in total. The van der Waals surface area contributed by atoms with Gasteiger partial charge in [-0.25, -0.2) is 0 Å². The van der Waals surface area contributed by atoms with Gasteiger partial charge in [0.25, 0.3) is 0 Å². The third-order valence-electron chi connectivity index (χ3n) is 2.46. The maximum Gasteiger partial charge on any atom is 0.134 e. The number of fused-ring (bicyclic) bond motifs is 1. The van der Waals surface area contributed by atoms with E-state index in [4.69, 9.17) is 9.52 Å². The van der Waals surface area contributed by atoms with Crippen LogP contribution < -0.4 is 0 Å². The summed E-state index contributed by atoms with van der Waals surface area (Å²) in [7, 11) is 0. The molecule has 2 rings (SSSR count). The standard InChI is InChI=1S/C12H14O2/c1-9-8-14-12-7-10(3-2-6-13)4-5-11(9)12/h4-5,7-8,13H,2-3,6H2,1H3. The van der Waals surface area contributed by atoms with E-state index in [1.807, 2.05) is 6.92 Å². The van der Waals surface area contributed by atoms with E-state index < -0.39 is 0 Å². The Morgan fingerprint density at radius 1 is 1.36 bits per heavy atom. The number of hydrogen-bond acceptors (Lipinski definition) is 2. The molecule has 0 saturated heterocycles. The summed E-state index contributed by atoms with van der Waals surface area (Å²) < 4.78 is 5.41. The number of furan rings is 1. The van der Waals surface area contributed by atoms with Crippen LogP contribution in [0.15, 0.2) is 28.9 Å². The smallest absolute Gasteiger partial charge is 0.134 e. The summed E-state index contributed by atoms with van der Waals surface area (Å²) in [6, 6.07) is 6.24. The lowest BCUT2D eigenvalue weighted by Crippen LogP contribution is -1.88. The molecule has 0 amide bonds. The molecule has 0 aliphatic heterocycles. The Morgan fingerprint density at radius 3 is 3.00 bits per heavy atom. The van der Waals surface area contributed by atoms with E-state index in [0.29, 0.717) is 0 Å². The maximum absolute atomic E-state index is 8.72. The van der Waals surface area contributed by atoms with Gasteiger partial charge in [0.15, 0.2) is 0 Å². The summed E-state index contributed by atoms with van der Waals surface area (Å²) in [5.74, 6) is 0. The molecule has 0 bridgehead atoms. The predicted octanol–water partition coefficient (Wildman–Crippen LogP) is 2.67. The first-order valence-electron chi connectivity index (χ1n) is 4.89. The highest BCUT2D eigenvalue weighted by Crippen LogP contribution is 2.21. The Morgan fingerprint density at radius 2 is 2.21 bits per heavy atom. The van der Waals surface area contributed by atoms with Gasteiger partial charge < -0.3 is 9.52 Å². The van der Waals surface area contributed by atoms with Gasteiger partial charge in [0.2, 0.25) is 0 Å². The van der Waals surface area contributed by atoms with Crippen LogP contribution in [0.5, 0.6) is 0 Å². The van der Waals surface area contributed by atoms with E-state index in [9.17, 15) is 0 Å². The third kappa shape index (κ3) is 1.66. The van der Waals surface area contributed by atoms with E-state index >= 15 is 0 Å². The molecule has 0 aliphatic carbocycles. The Kier molecular flexibility index (Phi) is 2.55. The van der Waals surface area contributed by atoms with Crippen LogP contribution in [0.25, 0.3) is 11.0 Å². The van der Waals surface area contributed by atoms with Gasteiger partial charge in [0.05, 0.1) is 6.26 Å². The summed E-state index contributed by atoms with van der Waals surface area (Å²) in [4.78, 5) is 0. The molecule has 2 aromatic rings. The normalized spacial score (nSPS) is 11.0. The van der Waals surface area contributed by atoms with Crippen molar-refractivity contribution in [2.75, 3.05) is 6.61 Å². The molecule has 0 fully saturated rings. The van der Waals surface area contributed by atoms with Gasteiger partial charge in [-0.05, 0) is 37.0 Å². The fourth-order valence-electron chi connectivity index (χ4n) is 1.64. The Hall–Kier alpha value is -1.28. The fraction of sp³-hybridized carbons (Fsp3) is 0.333. The molecule has 74 valence electrons. The Bertz CT molecular complexity index is 429. The van der Waals surface area contributed by atoms with Crippen LogP contribution in [0, 0.1) is 6.92 Å². The summed E-state index contributed by atoms with van der Waals surface area (Å²) in [6.07, 6.45) is 3.50. The van der Waals surface area contributed by atoms with Crippen molar-refractivity contribution >= 4 is 11.0 Å². The highest BCUT2D eigenvalue weighted by atomic mass is 16.3. The lowest BCUT2D eigenvalue weighted by molar-refractivity contribution is 0.288. The lowest BCUT2D eigenvalue weighted by Gasteiger charge is -1.98. The molecule has 0 aliphatic rings. The highest BCUT2D eigenvalue weighted by Gasteiger charge is 2.02. The van der Waals surface area contributed by atoms with Crippen LogP contribution in [0.2, 0.25) is 0 Å². The molecule has 2 heteroatoms. The molecular formula is C12H14O2. The molecule has 0 radical (unpaired) electrons. The van der Waals surface area contributed by atoms with Crippen molar-refractivity contribution in [1.82, 2.24) is 0 Å². The highest BCUT2D eigenvalue weighted by molar-refractivity contribution is 5.81. The van der Waals surface area contributed by atoms with Gasteiger partial charge in [-0.1, -0.05) is 12.1 Å². The average molecular weight is 190 g/mol. The number of aliphatic hydroxyl groups excluding tert-OH is 1. The summed E-state index contributed by atoms with van der Waals surface area (Å²) in [6.45, 7) is 2.29. The molecule has 14 heavy (non-hydrogen) atoms. The van der Waals surface area contributed by atoms with Crippen molar-refractivity contribution in [3.05, 3.63) is 35.6 Å². The van der Waals surface area contributed by atoms with Crippen LogP contribution in [0.3, 0.4) is 0 Å². The van der Waals surface area contributed by atoms with E-state index in [-0.39, 0.29) is 6.61 Å². The third-order valence-corrected chi connectivity index (χ3v) is 2.46. The number of hydrogen-bond donors (Lipinski definition) is 1. The molecule has 0 atom stereocenters. The molecule has 2 nitrogen and oxygen atoms in total. The van der Waals surface area contributed by atoms with Crippen molar-refractivity contribution in [1.29, 1.82) is 0 Å². The number of aryl methyl sites for hydroxylation is 2. The van der Waals surface area contributed by atoms with E-state index in [0.717, 1.165) is 18.4 Å². The van der Waals surface area contributed by atoms with Gasteiger partial charge >= 0.3 is 0 Å². The summed E-state index contributed by atoms with van der Waals surface area (Å²) in [5.41, 5.74) is 3.34. The van der Waals surface area contributed by atoms with Crippen LogP contribution in [0.4, 0.5) is 0 Å². The SMILES string of the molecule is Cc1coc2cc(CCCO)ccc12. The first-order chi connectivity index (χ1) is 6.81. The minimum atomic E-state index is 0.245. The summed E-state index contributed by atoms with van der Waals surface area (Å²) in [5, 5.41) is 9.90. The quantitative estimate of drug-likeness (QED) is 0.807. The monoisotopic (exact) mass is 190 g/mol. The van der Waals surface area contributed by atoms with Crippen molar-refractivity contribution in [2.24, 2.45) is 0 Å². The predicted molar refractivity (Wildman–Crippen MR) is 56.4 cm³/mol. The largest absolute Gasteiger partial charge is 0.464 e. The second-order valence-electron chi connectivity index (χ2n) is 3.58. The van der Waals surface area contributed by atoms with E-state index in [2.05, 4.69) is 18.2 Å². The van der Waals surface area contributed by atoms with E-state index in [1.54, 1.807) is 6.26 Å². The van der Waals surface area contributed by atoms with Gasteiger partial charge in [-0.15, -0.1) is 0 Å². The zero-order chi connectivity index (χ0) is 9.97. The van der Waals surface area contributed by atoms with E-state index in [1.165, 1.54) is 16.5 Å². The van der Waals surface area contributed by atoms with Gasteiger partial charge in [0, 0.05) is 12.0 Å². The van der Waals surface area contributed by atoms with Crippen LogP contribution in [-0.4, -0.2) is 11.7 Å². The Balaban J connectivity index is 2.32. The summed E-state index contributed by atoms with van der Waals surface area (Å²) >= 11 is 0. The lowest BCUT2D eigenvalue weighted by atomic mass is 10.1. The molecule has 1 aromatic heterocycles. The molecule has 1 heterocycles. The average Bonchev–Trinajstić information content (AvgIpc) is 2.57. The second kappa shape index (κ2) is 3.84. The molecular weight excluding hydrogens is 176 g/mol. The number of aliphatic hydroxyl groups is 1. The van der Waals surface area contributed by atoms with Gasteiger partial charge in [0.1, 0.15) is 5.58 Å². The molecule has 0 unspecified atom stereocenters. The van der Waals surface area contributed by atoms with Crippen molar-refractivity contribution in [3.63, 3.8) is 0 Å². The fourth-order valence-corrected chi connectivity index (χ4v) is 1.64. The maximum atomic E-state index is 8.72. The number of benzene rings is 1. The molecule has 0 spiro atoms. The van der Waals surface area contributed by atoms with Gasteiger partial charge in [-0.2, -0.15) is 0 Å². The van der Waals surface area contributed by atoms with Crippen LogP contribution in [-0.2, 0) is 6.42 Å². The second-order valence-corrected chi connectivity index (χ2v) is 3.58. The molecule has 0 saturated carbocycles. The zero-order valence-corrected chi connectivity index (χ0v) is 8.29. The minimum Gasteiger partial charge on any atom is -0.464 e. The van der Waals surface area contributed by atoms with Crippen molar-refractivity contribution < 1.29 is 9.52 Å². The van der Waals surface area contributed by atoms with Crippen molar-refractivity contribution in [3.8, 4) is 0 Å². The topological polar surface area (TPSA) is 33.4 Å². The van der Waals surface area contributed by atoms with Crippen LogP contribution in [0.1, 0.15) is 17.5 Å². The number of rotatable bonds is 3. The van der Waals surface area contributed by atoms with Crippen molar-refractivity contribution in [2.45, 2.75) is 19.8 Å². The van der Waals surface area contributed by atoms with Gasteiger partial charge in [-0.3, -0.25) is 0 Å². The first kappa shape index (κ1) is 9.28. The van der Waals surface area contributed by atoms with Crippen LogP contribution >= 0.6 is 0 Å². The molecule has 1 aromatic carbocycles. The first-order valence-corrected chi connectivity index (χ1v) is 4.89. The minimum absolute atomic E-state index is 0.245.